The number of thiophene rings is 1. The zero-order valence-electron chi connectivity index (χ0n) is 7.07. The van der Waals surface area contributed by atoms with Crippen molar-refractivity contribution in [1.29, 1.82) is 0 Å². The van der Waals surface area contributed by atoms with Gasteiger partial charge in [0.1, 0.15) is 0 Å². The Morgan fingerprint density at radius 2 is 2.33 bits per heavy atom. The Labute approximate surface area is 77.0 Å². The zero-order valence-corrected chi connectivity index (χ0v) is 7.89. The Kier molecular flexibility index (Phi) is 2.47. The van der Waals surface area contributed by atoms with Crippen LogP contribution < -0.4 is 0 Å². The second-order valence-electron chi connectivity index (χ2n) is 3.53. The highest BCUT2D eigenvalue weighted by atomic mass is 32.1. The fourth-order valence-corrected chi connectivity index (χ4v) is 2.82. The molecule has 12 heavy (non-hydrogen) atoms. The summed E-state index contributed by atoms with van der Waals surface area (Å²) in [6.07, 6.45) is 4.37. The minimum Gasteiger partial charge on any atom is -0.393 e. The van der Waals surface area contributed by atoms with Crippen LogP contribution in [-0.2, 0) is 0 Å². The van der Waals surface area contributed by atoms with Crippen molar-refractivity contribution >= 4 is 11.3 Å². The summed E-state index contributed by atoms with van der Waals surface area (Å²) in [7, 11) is 0. The van der Waals surface area contributed by atoms with E-state index in [1.54, 1.807) is 0 Å². The quantitative estimate of drug-likeness (QED) is 0.708. The summed E-state index contributed by atoms with van der Waals surface area (Å²) in [6.45, 7) is 0. The van der Waals surface area contributed by atoms with Crippen LogP contribution in [0.15, 0.2) is 17.5 Å². The topological polar surface area (TPSA) is 20.2 Å². The molecule has 2 heteroatoms. The third-order valence-electron chi connectivity index (χ3n) is 2.59. The number of aliphatic hydroxyl groups is 1. The Hall–Kier alpha value is -0.340. The molecule has 0 aliphatic heterocycles. The molecule has 1 heterocycles. The molecule has 1 fully saturated rings. The number of aliphatic hydroxyl groups excluding tert-OH is 1. The van der Waals surface area contributed by atoms with Gasteiger partial charge in [-0.3, -0.25) is 0 Å². The van der Waals surface area contributed by atoms with Crippen LogP contribution in [0.4, 0.5) is 0 Å². The van der Waals surface area contributed by atoms with E-state index < -0.39 is 0 Å². The molecule has 1 N–H and O–H groups in total. The van der Waals surface area contributed by atoms with Crippen molar-refractivity contribution in [3.63, 3.8) is 0 Å². The molecule has 0 aromatic carbocycles. The normalized spacial score (nSPS) is 30.4. The molecule has 1 aliphatic carbocycles. The highest BCUT2D eigenvalue weighted by Gasteiger charge is 2.21. The Bertz CT molecular complexity index is 230. The van der Waals surface area contributed by atoms with E-state index in [0.29, 0.717) is 5.92 Å². The predicted octanol–water partition coefficient (Wildman–Crippen LogP) is 2.77. The number of hydrogen-bond donors (Lipinski definition) is 1. The van der Waals surface area contributed by atoms with Crippen LogP contribution in [0.1, 0.15) is 36.5 Å². The van der Waals surface area contributed by atoms with Gasteiger partial charge < -0.3 is 5.11 Å². The molecule has 1 saturated carbocycles. The minimum atomic E-state index is -0.0501. The molecule has 1 aromatic rings. The van der Waals surface area contributed by atoms with Crippen LogP contribution >= 0.6 is 11.3 Å². The molecule has 0 amide bonds. The second kappa shape index (κ2) is 3.58. The van der Waals surface area contributed by atoms with Gasteiger partial charge in [-0.25, -0.2) is 0 Å². The van der Waals surface area contributed by atoms with Crippen molar-refractivity contribution in [2.75, 3.05) is 0 Å². The van der Waals surface area contributed by atoms with Gasteiger partial charge >= 0.3 is 0 Å². The zero-order chi connectivity index (χ0) is 8.39. The Balaban J connectivity index is 2.04. The largest absolute Gasteiger partial charge is 0.393 e. The molecule has 1 aromatic heterocycles. The molecule has 0 radical (unpaired) electrons. The van der Waals surface area contributed by atoms with Gasteiger partial charge in [-0.1, -0.05) is 12.5 Å². The maximum Gasteiger partial charge on any atom is 0.0546 e. The van der Waals surface area contributed by atoms with E-state index in [0.717, 1.165) is 12.8 Å². The molecule has 2 rings (SSSR count). The molecule has 2 atom stereocenters. The number of rotatable bonds is 1. The average molecular weight is 182 g/mol. The van der Waals surface area contributed by atoms with Gasteiger partial charge in [0, 0.05) is 4.88 Å². The molecule has 66 valence electrons. The third-order valence-corrected chi connectivity index (χ3v) is 3.63. The molecule has 0 saturated heterocycles. The molecular weight excluding hydrogens is 168 g/mol. The summed E-state index contributed by atoms with van der Waals surface area (Å²) in [4.78, 5) is 1.45. The first kappa shape index (κ1) is 8.27. The van der Waals surface area contributed by atoms with Crippen LogP contribution in [0, 0.1) is 0 Å². The van der Waals surface area contributed by atoms with E-state index >= 15 is 0 Å². The molecule has 0 spiro atoms. The van der Waals surface area contributed by atoms with Crippen LogP contribution in [0.25, 0.3) is 0 Å². The van der Waals surface area contributed by atoms with Gasteiger partial charge in [-0.2, -0.15) is 0 Å². The van der Waals surface area contributed by atoms with Crippen molar-refractivity contribution < 1.29 is 5.11 Å². The van der Waals surface area contributed by atoms with Crippen molar-refractivity contribution in [1.82, 2.24) is 0 Å². The smallest absolute Gasteiger partial charge is 0.0546 e. The summed E-state index contributed by atoms with van der Waals surface area (Å²) in [5, 5.41) is 11.6. The summed E-state index contributed by atoms with van der Waals surface area (Å²) in [6, 6.07) is 4.29. The Morgan fingerprint density at radius 1 is 1.42 bits per heavy atom. The van der Waals surface area contributed by atoms with Gasteiger partial charge in [0.25, 0.3) is 0 Å². The molecule has 1 aliphatic rings. The van der Waals surface area contributed by atoms with Crippen molar-refractivity contribution in [2.45, 2.75) is 37.7 Å². The van der Waals surface area contributed by atoms with E-state index in [2.05, 4.69) is 17.5 Å². The van der Waals surface area contributed by atoms with Gasteiger partial charge in [0.05, 0.1) is 6.10 Å². The molecule has 2 unspecified atom stereocenters. The highest BCUT2D eigenvalue weighted by Crippen LogP contribution is 2.34. The average Bonchev–Trinajstić information content (AvgIpc) is 2.56. The van der Waals surface area contributed by atoms with E-state index in [1.165, 1.54) is 17.7 Å². The SMILES string of the molecule is OC1CCCC(c2cccs2)C1. The maximum absolute atomic E-state index is 9.48. The van der Waals surface area contributed by atoms with Crippen molar-refractivity contribution in [2.24, 2.45) is 0 Å². The van der Waals surface area contributed by atoms with Gasteiger partial charge in [0.2, 0.25) is 0 Å². The van der Waals surface area contributed by atoms with Crippen LogP contribution in [0.3, 0.4) is 0 Å². The summed E-state index contributed by atoms with van der Waals surface area (Å²) >= 11 is 1.82. The molecule has 0 bridgehead atoms. The highest BCUT2D eigenvalue weighted by molar-refractivity contribution is 7.10. The van der Waals surface area contributed by atoms with E-state index in [-0.39, 0.29) is 6.10 Å². The predicted molar refractivity (Wildman–Crippen MR) is 51.5 cm³/mol. The first-order chi connectivity index (χ1) is 5.86. The maximum atomic E-state index is 9.48. The first-order valence-electron chi connectivity index (χ1n) is 4.58. The van der Waals surface area contributed by atoms with E-state index in [4.69, 9.17) is 0 Å². The first-order valence-corrected chi connectivity index (χ1v) is 5.45. The molecule has 1 nitrogen and oxygen atoms in total. The standard InChI is InChI=1S/C10H14OS/c11-9-4-1-3-8(7-9)10-5-2-6-12-10/h2,5-6,8-9,11H,1,3-4,7H2. The van der Waals surface area contributed by atoms with Crippen molar-refractivity contribution in [3.8, 4) is 0 Å². The van der Waals surface area contributed by atoms with Gasteiger partial charge in [-0.15, -0.1) is 11.3 Å². The minimum absolute atomic E-state index is 0.0501. The van der Waals surface area contributed by atoms with Gasteiger partial charge in [0.15, 0.2) is 0 Å². The monoisotopic (exact) mass is 182 g/mol. The fourth-order valence-electron chi connectivity index (χ4n) is 1.95. The summed E-state index contributed by atoms with van der Waals surface area (Å²) < 4.78 is 0. The summed E-state index contributed by atoms with van der Waals surface area (Å²) in [5.41, 5.74) is 0. The lowest BCUT2D eigenvalue weighted by Crippen LogP contribution is -2.17. The number of hydrogen-bond acceptors (Lipinski definition) is 2. The third kappa shape index (κ3) is 1.70. The lowest BCUT2D eigenvalue weighted by Gasteiger charge is -2.24. The van der Waals surface area contributed by atoms with Crippen LogP contribution in [0.2, 0.25) is 0 Å². The summed E-state index contributed by atoms with van der Waals surface area (Å²) in [5.74, 6) is 0.633. The lowest BCUT2D eigenvalue weighted by atomic mass is 9.86. The second-order valence-corrected chi connectivity index (χ2v) is 4.51. The molecular formula is C10H14OS. The van der Waals surface area contributed by atoms with Crippen LogP contribution in [0.5, 0.6) is 0 Å². The lowest BCUT2D eigenvalue weighted by molar-refractivity contribution is 0.120. The van der Waals surface area contributed by atoms with E-state index in [1.807, 2.05) is 11.3 Å². The van der Waals surface area contributed by atoms with Crippen LogP contribution in [-0.4, -0.2) is 11.2 Å². The van der Waals surface area contributed by atoms with E-state index in [9.17, 15) is 5.11 Å². The van der Waals surface area contributed by atoms with Crippen molar-refractivity contribution in [3.05, 3.63) is 22.4 Å². The Morgan fingerprint density at radius 3 is 3.00 bits per heavy atom. The fraction of sp³-hybridized carbons (Fsp3) is 0.600. The van der Waals surface area contributed by atoms with Gasteiger partial charge in [-0.05, 0) is 36.6 Å².